The summed E-state index contributed by atoms with van der Waals surface area (Å²) in [6.07, 6.45) is 2.77. The van der Waals surface area contributed by atoms with Gasteiger partial charge >= 0.3 is 0 Å². The number of hydrogen-bond acceptors (Lipinski definition) is 3. The maximum absolute atomic E-state index is 13.7. The lowest BCUT2D eigenvalue weighted by Crippen LogP contribution is -2.24. The molecule has 0 aliphatic carbocycles. The first kappa shape index (κ1) is 18.4. The normalized spacial score (nSPS) is 12.0. The first-order valence-electron chi connectivity index (χ1n) is 7.60. The molecule has 0 aliphatic heterocycles. The number of carbonyl (C=O) groups is 1. The monoisotopic (exact) mass is 347 g/mol. The van der Waals surface area contributed by atoms with Crippen LogP contribution in [0.3, 0.4) is 0 Å². The van der Waals surface area contributed by atoms with Crippen LogP contribution >= 0.6 is 0 Å². The minimum atomic E-state index is -0.507. The van der Waals surface area contributed by atoms with E-state index in [1.54, 1.807) is 19.1 Å². The molecule has 1 amide bonds. The summed E-state index contributed by atoms with van der Waals surface area (Å²) in [5.41, 5.74) is 1.13. The van der Waals surface area contributed by atoms with E-state index in [1.165, 1.54) is 50.6 Å². The first-order valence-corrected chi connectivity index (χ1v) is 7.60. The van der Waals surface area contributed by atoms with Crippen LogP contribution in [0.25, 0.3) is 6.08 Å². The molecule has 0 fully saturated rings. The van der Waals surface area contributed by atoms with Gasteiger partial charge in [-0.15, -0.1) is 0 Å². The summed E-state index contributed by atoms with van der Waals surface area (Å²) in [6.45, 7) is 1.74. The SMILES string of the molecule is COc1ccc(/C=C/C(=O)N[C@H](C)c2ccc(OC)c(F)c2)cc1F. The second kappa shape index (κ2) is 8.28. The molecule has 6 heteroatoms. The molecular formula is C19H19F2NO3. The van der Waals surface area contributed by atoms with Crippen LogP contribution < -0.4 is 14.8 Å². The molecule has 1 atom stereocenters. The van der Waals surface area contributed by atoms with Crippen molar-refractivity contribution in [3.05, 3.63) is 65.2 Å². The molecule has 2 aromatic rings. The van der Waals surface area contributed by atoms with Gasteiger partial charge in [-0.2, -0.15) is 0 Å². The number of ether oxygens (including phenoxy) is 2. The Morgan fingerprint density at radius 3 is 2.20 bits per heavy atom. The molecule has 0 heterocycles. The van der Waals surface area contributed by atoms with E-state index in [0.717, 1.165) is 0 Å². The highest BCUT2D eigenvalue weighted by Gasteiger charge is 2.11. The molecule has 2 rings (SSSR count). The number of methoxy groups -OCH3 is 2. The standard InChI is InChI=1S/C19H19F2NO3/c1-12(14-6-8-18(25-3)16(21)11-14)22-19(23)9-5-13-4-7-17(24-2)15(20)10-13/h4-12H,1-3H3,(H,22,23)/b9-5+/t12-/m1/s1. The topological polar surface area (TPSA) is 47.6 Å². The zero-order chi connectivity index (χ0) is 18.4. The van der Waals surface area contributed by atoms with Gasteiger partial charge < -0.3 is 14.8 Å². The number of rotatable bonds is 6. The number of halogens is 2. The molecule has 0 saturated carbocycles. The number of benzene rings is 2. The molecular weight excluding hydrogens is 328 g/mol. The van der Waals surface area contributed by atoms with E-state index in [2.05, 4.69) is 5.32 Å². The quantitative estimate of drug-likeness (QED) is 0.807. The molecule has 0 aromatic heterocycles. The fraction of sp³-hybridized carbons (Fsp3) is 0.211. The second-order valence-electron chi connectivity index (χ2n) is 5.35. The number of hydrogen-bond donors (Lipinski definition) is 1. The summed E-state index contributed by atoms with van der Waals surface area (Å²) < 4.78 is 37.0. The van der Waals surface area contributed by atoms with Crippen molar-refractivity contribution in [2.75, 3.05) is 14.2 Å². The third kappa shape index (κ3) is 4.79. The van der Waals surface area contributed by atoms with Gasteiger partial charge in [-0.3, -0.25) is 4.79 Å². The van der Waals surface area contributed by atoms with Crippen molar-refractivity contribution in [1.29, 1.82) is 0 Å². The molecule has 0 aliphatic rings. The van der Waals surface area contributed by atoms with Gasteiger partial charge in [0.2, 0.25) is 5.91 Å². The van der Waals surface area contributed by atoms with E-state index in [9.17, 15) is 13.6 Å². The van der Waals surface area contributed by atoms with E-state index in [0.29, 0.717) is 11.1 Å². The summed E-state index contributed by atoms with van der Waals surface area (Å²) in [5, 5.41) is 2.72. The molecule has 0 saturated heterocycles. The Balaban J connectivity index is 2.01. The van der Waals surface area contributed by atoms with Crippen LogP contribution in [0.5, 0.6) is 11.5 Å². The van der Waals surface area contributed by atoms with Crippen molar-refractivity contribution in [3.8, 4) is 11.5 Å². The minimum Gasteiger partial charge on any atom is -0.494 e. The maximum Gasteiger partial charge on any atom is 0.244 e. The van der Waals surface area contributed by atoms with Crippen LogP contribution in [0.1, 0.15) is 24.1 Å². The van der Waals surface area contributed by atoms with Crippen LogP contribution in [0.2, 0.25) is 0 Å². The number of nitrogens with one attached hydrogen (secondary N) is 1. The largest absolute Gasteiger partial charge is 0.494 e. The predicted octanol–water partition coefficient (Wildman–Crippen LogP) is 3.87. The van der Waals surface area contributed by atoms with Gasteiger partial charge in [0.15, 0.2) is 23.1 Å². The van der Waals surface area contributed by atoms with E-state index in [-0.39, 0.29) is 17.4 Å². The summed E-state index contributed by atoms with van der Waals surface area (Å²) >= 11 is 0. The van der Waals surface area contributed by atoms with Crippen LogP contribution in [0.15, 0.2) is 42.5 Å². The van der Waals surface area contributed by atoms with Crippen molar-refractivity contribution >= 4 is 12.0 Å². The number of carbonyl (C=O) groups excluding carboxylic acids is 1. The fourth-order valence-electron chi connectivity index (χ4n) is 2.26. The van der Waals surface area contributed by atoms with Crippen LogP contribution in [0, 0.1) is 11.6 Å². The van der Waals surface area contributed by atoms with E-state index in [4.69, 9.17) is 9.47 Å². The molecule has 25 heavy (non-hydrogen) atoms. The molecule has 2 aromatic carbocycles. The average Bonchev–Trinajstić information content (AvgIpc) is 2.60. The minimum absolute atomic E-state index is 0.136. The van der Waals surface area contributed by atoms with E-state index < -0.39 is 17.7 Å². The van der Waals surface area contributed by atoms with E-state index >= 15 is 0 Å². The fourth-order valence-corrected chi connectivity index (χ4v) is 2.26. The molecule has 0 spiro atoms. The third-order valence-electron chi connectivity index (χ3n) is 3.64. The molecule has 0 unspecified atom stereocenters. The molecule has 4 nitrogen and oxygen atoms in total. The predicted molar refractivity (Wildman–Crippen MR) is 91.5 cm³/mol. The van der Waals surface area contributed by atoms with Gasteiger partial charge in [0.05, 0.1) is 20.3 Å². The lowest BCUT2D eigenvalue weighted by molar-refractivity contribution is -0.117. The molecule has 0 bridgehead atoms. The summed E-state index contributed by atoms with van der Waals surface area (Å²) in [6, 6.07) is 8.48. The van der Waals surface area contributed by atoms with Gasteiger partial charge in [-0.1, -0.05) is 12.1 Å². The van der Waals surface area contributed by atoms with Crippen LogP contribution in [-0.2, 0) is 4.79 Å². The summed E-state index contributed by atoms with van der Waals surface area (Å²) in [5.74, 6) is -1.10. The Morgan fingerprint density at radius 1 is 1.04 bits per heavy atom. The van der Waals surface area contributed by atoms with Crippen molar-refractivity contribution in [2.24, 2.45) is 0 Å². The zero-order valence-electron chi connectivity index (χ0n) is 14.2. The first-order chi connectivity index (χ1) is 11.9. The molecule has 1 N–H and O–H groups in total. The maximum atomic E-state index is 13.7. The van der Waals surface area contributed by atoms with E-state index in [1.807, 2.05) is 0 Å². The van der Waals surface area contributed by atoms with Crippen molar-refractivity contribution < 1.29 is 23.0 Å². The Kier molecular flexibility index (Phi) is 6.11. The Morgan fingerprint density at radius 2 is 1.64 bits per heavy atom. The highest BCUT2D eigenvalue weighted by atomic mass is 19.1. The molecule has 132 valence electrons. The van der Waals surface area contributed by atoms with Gasteiger partial charge in [0.1, 0.15) is 0 Å². The van der Waals surface area contributed by atoms with Crippen molar-refractivity contribution in [1.82, 2.24) is 5.32 Å². The van der Waals surface area contributed by atoms with Crippen LogP contribution in [0.4, 0.5) is 8.78 Å². The highest BCUT2D eigenvalue weighted by Crippen LogP contribution is 2.22. The lowest BCUT2D eigenvalue weighted by atomic mass is 10.1. The van der Waals surface area contributed by atoms with Crippen molar-refractivity contribution in [3.63, 3.8) is 0 Å². The zero-order valence-corrected chi connectivity index (χ0v) is 14.2. The Bertz CT molecular complexity index is 790. The van der Waals surface area contributed by atoms with Crippen LogP contribution in [-0.4, -0.2) is 20.1 Å². The number of amides is 1. The van der Waals surface area contributed by atoms with Gasteiger partial charge in [-0.25, -0.2) is 8.78 Å². The average molecular weight is 347 g/mol. The smallest absolute Gasteiger partial charge is 0.244 e. The van der Waals surface area contributed by atoms with Gasteiger partial charge in [-0.05, 0) is 48.4 Å². The van der Waals surface area contributed by atoms with Gasteiger partial charge in [0.25, 0.3) is 0 Å². The lowest BCUT2D eigenvalue weighted by Gasteiger charge is -2.14. The Labute approximate surface area is 145 Å². The second-order valence-corrected chi connectivity index (χ2v) is 5.35. The molecule has 0 radical (unpaired) electrons. The highest BCUT2D eigenvalue weighted by molar-refractivity contribution is 5.92. The van der Waals surface area contributed by atoms with Crippen molar-refractivity contribution in [2.45, 2.75) is 13.0 Å². The summed E-state index contributed by atoms with van der Waals surface area (Å²) in [4.78, 5) is 12.0. The Hall–Kier alpha value is -2.89. The summed E-state index contributed by atoms with van der Waals surface area (Å²) in [7, 11) is 2.76. The third-order valence-corrected chi connectivity index (χ3v) is 3.64. The van der Waals surface area contributed by atoms with Gasteiger partial charge in [0, 0.05) is 6.08 Å².